The Morgan fingerprint density at radius 2 is 1.85 bits per heavy atom. The fourth-order valence-electron chi connectivity index (χ4n) is 2.75. The average Bonchev–Trinajstić information content (AvgIpc) is 3.17. The fraction of sp³-hybridized carbons (Fsp3) is 0.333. The van der Waals surface area contributed by atoms with Crippen LogP contribution in [0.5, 0.6) is 5.75 Å². The van der Waals surface area contributed by atoms with E-state index in [1.807, 2.05) is 12.1 Å². The van der Waals surface area contributed by atoms with Crippen molar-refractivity contribution >= 4 is 28.1 Å². The average molecular weight is 383 g/mol. The maximum absolute atomic E-state index is 5.28. The maximum atomic E-state index is 5.28. The number of ether oxygens (including phenoxy) is 1. The van der Waals surface area contributed by atoms with Gasteiger partial charge in [-0.1, -0.05) is 32.0 Å². The van der Waals surface area contributed by atoms with E-state index >= 15 is 0 Å². The lowest BCUT2D eigenvalue weighted by Gasteiger charge is -2.12. The Hall–Kier alpha value is -2.60. The standard InChI is InChI=1S/C21H26N4OS/c1-14(2)19-13-27-20(25-19)12-24-21(22-3)23-11-15-5-6-17-10-18(26-4)8-7-16(17)9-15/h5-10,13-14H,11-12H2,1-4H3,(H2,22,23,24). The highest BCUT2D eigenvalue weighted by Crippen LogP contribution is 2.22. The molecule has 1 heterocycles. The zero-order valence-corrected chi connectivity index (χ0v) is 17.1. The third-order valence-corrected chi connectivity index (χ3v) is 5.23. The summed E-state index contributed by atoms with van der Waals surface area (Å²) in [7, 11) is 3.47. The van der Waals surface area contributed by atoms with Crippen LogP contribution in [0.2, 0.25) is 0 Å². The van der Waals surface area contributed by atoms with E-state index in [1.54, 1.807) is 25.5 Å². The molecule has 6 heteroatoms. The molecule has 0 saturated carbocycles. The molecule has 5 nitrogen and oxygen atoms in total. The molecule has 0 amide bonds. The molecule has 0 radical (unpaired) electrons. The number of aromatic nitrogens is 1. The Morgan fingerprint density at radius 1 is 1.11 bits per heavy atom. The van der Waals surface area contributed by atoms with Gasteiger partial charge in [0.1, 0.15) is 10.8 Å². The van der Waals surface area contributed by atoms with Gasteiger partial charge >= 0.3 is 0 Å². The molecule has 0 fully saturated rings. The Labute approximate surface area is 164 Å². The topological polar surface area (TPSA) is 58.5 Å². The van der Waals surface area contributed by atoms with Crippen molar-refractivity contribution in [3.05, 3.63) is 58.0 Å². The van der Waals surface area contributed by atoms with Crippen molar-refractivity contribution in [3.8, 4) is 5.75 Å². The quantitative estimate of drug-likeness (QED) is 0.493. The van der Waals surface area contributed by atoms with Crippen LogP contribution in [0.25, 0.3) is 10.8 Å². The molecule has 2 aromatic carbocycles. The van der Waals surface area contributed by atoms with E-state index in [2.05, 4.69) is 64.1 Å². The van der Waals surface area contributed by atoms with E-state index in [0.29, 0.717) is 19.0 Å². The number of guanidine groups is 1. The van der Waals surface area contributed by atoms with E-state index in [4.69, 9.17) is 4.74 Å². The van der Waals surface area contributed by atoms with E-state index in [-0.39, 0.29) is 0 Å². The van der Waals surface area contributed by atoms with Crippen LogP contribution in [0.15, 0.2) is 46.8 Å². The normalized spacial score (nSPS) is 11.8. The molecular formula is C21H26N4OS. The number of hydrogen-bond donors (Lipinski definition) is 2. The smallest absolute Gasteiger partial charge is 0.191 e. The second-order valence-electron chi connectivity index (χ2n) is 6.65. The molecule has 0 aliphatic rings. The number of rotatable bonds is 6. The number of fused-ring (bicyclic) bond motifs is 1. The summed E-state index contributed by atoms with van der Waals surface area (Å²) in [5, 5.41) is 12.3. The van der Waals surface area contributed by atoms with Gasteiger partial charge in [-0.15, -0.1) is 11.3 Å². The van der Waals surface area contributed by atoms with Crippen LogP contribution in [0, 0.1) is 0 Å². The van der Waals surface area contributed by atoms with Crippen molar-refractivity contribution in [3.63, 3.8) is 0 Å². The van der Waals surface area contributed by atoms with Gasteiger partial charge in [0.2, 0.25) is 0 Å². The third-order valence-electron chi connectivity index (χ3n) is 4.36. The Kier molecular flexibility index (Phi) is 6.29. The number of thiazole rings is 1. The minimum atomic E-state index is 0.459. The first-order valence-corrected chi connectivity index (χ1v) is 9.92. The van der Waals surface area contributed by atoms with Gasteiger partial charge in [-0.3, -0.25) is 4.99 Å². The molecule has 2 N–H and O–H groups in total. The van der Waals surface area contributed by atoms with Crippen molar-refractivity contribution in [1.82, 2.24) is 15.6 Å². The molecule has 142 valence electrons. The fourth-order valence-corrected chi connectivity index (χ4v) is 3.64. The van der Waals surface area contributed by atoms with Gasteiger partial charge in [-0.2, -0.15) is 0 Å². The van der Waals surface area contributed by atoms with Crippen molar-refractivity contribution < 1.29 is 4.74 Å². The highest BCUT2D eigenvalue weighted by molar-refractivity contribution is 7.09. The van der Waals surface area contributed by atoms with Crippen LogP contribution in [-0.2, 0) is 13.1 Å². The molecule has 0 atom stereocenters. The molecule has 3 aromatic rings. The summed E-state index contributed by atoms with van der Waals surface area (Å²) in [5.74, 6) is 2.10. The molecule has 0 aliphatic heterocycles. The van der Waals surface area contributed by atoms with E-state index < -0.39 is 0 Å². The highest BCUT2D eigenvalue weighted by atomic mass is 32.1. The van der Waals surface area contributed by atoms with Crippen molar-refractivity contribution in [2.24, 2.45) is 4.99 Å². The van der Waals surface area contributed by atoms with Crippen LogP contribution in [0.1, 0.15) is 36.0 Å². The summed E-state index contributed by atoms with van der Waals surface area (Å²) >= 11 is 1.68. The largest absolute Gasteiger partial charge is 0.497 e. The van der Waals surface area contributed by atoms with E-state index in [0.717, 1.165) is 22.4 Å². The number of methoxy groups -OCH3 is 1. The first kappa shape index (κ1) is 19.2. The lowest BCUT2D eigenvalue weighted by Crippen LogP contribution is -2.36. The summed E-state index contributed by atoms with van der Waals surface area (Å²) in [5.41, 5.74) is 2.35. The number of nitrogens with zero attached hydrogens (tertiary/aromatic N) is 2. The molecule has 0 aliphatic carbocycles. The zero-order valence-electron chi connectivity index (χ0n) is 16.2. The summed E-state index contributed by atoms with van der Waals surface area (Å²) in [6, 6.07) is 12.5. The van der Waals surface area contributed by atoms with Gasteiger partial charge < -0.3 is 15.4 Å². The van der Waals surface area contributed by atoms with Crippen molar-refractivity contribution in [1.29, 1.82) is 0 Å². The summed E-state index contributed by atoms with van der Waals surface area (Å²) < 4.78 is 5.28. The van der Waals surface area contributed by atoms with Gasteiger partial charge in [0, 0.05) is 19.0 Å². The number of hydrogen-bond acceptors (Lipinski definition) is 4. The molecule has 1 aromatic heterocycles. The molecule has 3 rings (SSSR count). The number of aliphatic imine (C=N–C) groups is 1. The predicted molar refractivity (Wildman–Crippen MR) is 114 cm³/mol. The van der Waals surface area contributed by atoms with E-state index in [9.17, 15) is 0 Å². The lowest BCUT2D eigenvalue weighted by atomic mass is 10.1. The molecule has 0 bridgehead atoms. The summed E-state index contributed by atoms with van der Waals surface area (Å²) in [6.45, 7) is 5.70. The molecule has 0 saturated heterocycles. The SMILES string of the molecule is CN=C(NCc1ccc2cc(OC)ccc2c1)NCc1nc(C(C)C)cs1. The van der Waals surface area contributed by atoms with Gasteiger partial charge in [-0.05, 0) is 40.5 Å². The second-order valence-corrected chi connectivity index (χ2v) is 7.59. The third kappa shape index (κ3) is 4.98. The minimum absolute atomic E-state index is 0.459. The number of benzene rings is 2. The molecule has 0 spiro atoms. The summed E-state index contributed by atoms with van der Waals surface area (Å²) in [6.07, 6.45) is 0. The zero-order chi connectivity index (χ0) is 19.2. The van der Waals surface area contributed by atoms with Gasteiger partial charge in [0.25, 0.3) is 0 Å². The van der Waals surface area contributed by atoms with Crippen LogP contribution >= 0.6 is 11.3 Å². The molecular weight excluding hydrogens is 356 g/mol. The van der Waals surface area contributed by atoms with Crippen LogP contribution in [0.4, 0.5) is 0 Å². The Morgan fingerprint density at radius 3 is 2.56 bits per heavy atom. The monoisotopic (exact) mass is 382 g/mol. The predicted octanol–water partition coefficient (Wildman–Crippen LogP) is 4.29. The second kappa shape index (κ2) is 8.86. The Bertz CT molecular complexity index is 933. The van der Waals surface area contributed by atoms with Gasteiger partial charge in [0.05, 0.1) is 19.3 Å². The van der Waals surface area contributed by atoms with Gasteiger partial charge in [0.15, 0.2) is 5.96 Å². The lowest BCUT2D eigenvalue weighted by molar-refractivity contribution is 0.415. The van der Waals surface area contributed by atoms with Crippen molar-refractivity contribution in [2.75, 3.05) is 14.2 Å². The molecule has 0 unspecified atom stereocenters. The summed E-state index contributed by atoms with van der Waals surface area (Å²) in [4.78, 5) is 8.95. The minimum Gasteiger partial charge on any atom is -0.497 e. The highest BCUT2D eigenvalue weighted by Gasteiger charge is 2.06. The van der Waals surface area contributed by atoms with Crippen LogP contribution in [-0.4, -0.2) is 25.1 Å². The maximum Gasteiger partial charge on any atom is 0.191 e. The van der Waals surface area contributed by atoms with Gasteiger partial charge in [-0.25, -0.2) is 4.98 Å². The first-order valence-electron chi connectivity index (χ1n) is 9.04. The van der Waals surface area contributed by atoms with Crippen LogP contribution in [0.3, 0.4) is 0 Å². The van der Waals surface area contributed by atoms with Crippen molar-refractivity contribution in [2.45, 2.75) is 32.9 Å². The molecule has 27 heavy (non-hydrogen) atoms. The Balaban J connectivity index is 1.57. The first-order chi connectivity index (χ1) is 13.1. The van der Waals surface area contributed by atoms with E-state index in [1.165, 1.54) is 16.3 Å². The van der Waals surface area contributed by atoms with Crippen LogP contribution < -0.4 is 15.4 Å². The number of nitrogens with one attached hydrogen (secondary N) is 2.